The van der Waals surface area contributed by atoms with Gasteiger partial charge in [0.2, 0.25) is 0 Å². The van der Waals surface area contributed by atoms with E-state index in [2.05, 4.69) is 55.2 Å². The predicted molar refractivity (Wildman–Crippen MR) is 82.3 cm³/mol. The lowest BCUT2D eigenvalue weighted by molar-refractivity contribution is 0.310. The van der Waals surface area contributed by atoms with Gasteiger partial charge >= 0.3 is 0 Å². The SMILES string of the molecule is Cc1cccc(CN(C)CCCCNC(C)(C)C)n1. The number of unbranched alkanes of at least 4 members (excludes halogenated alkanes) is 1. The van der Waals surface area contributed by atoms with Crippen LogP contribution in [-0.2, 0) is 6.54 Å². The molecular formula is C16H29N3. The average molecular weight is 263 g/mol. The van der Waals surface area contributed by atoms with Gasteiger partial charge < -0.3 is 10.2 Å². The fourth-order valence-corrected chi connectivity index (χ4v) is 2.01. The van der Waals surface area contributed by atoms with E-state index in [-0.39, 0.29) is 5.54 Å². The molecule has 0 aliphatic heterocycles. The fraction of sp³-hybridized carbons (Fsp3) is 0.688. The second-order valence-electron chi connectivity index (χ2n) is 6.39. The lowest BCUT2D eigenvalue weighted by Crippen LogP contribution is -2.36. The summed E-state index contributed by atoms with van der Waals surface area (Å²) in [5.41, 5.74) is 2.49. The highest BCUT2D eigenvalue weighted by Gasteiger charge is 2.07. The standard InChI is InChI=1S/C16H29N3/c1-14-9-8-10-15(18-14)13-19(5)12-7-6-11-17-16(2,3)4/h8-10,17H,6-7,11-13H2,1-5H3. The Kier molecular flexibility index (Phi) is 6.46. The van der Waals surface area contributed by atoms with E-state index in [4.69, 9.17) is 0 Å². The Morgan fingerprint density at radius 3 is 2.58 bits per heavy atom. The Morgan fingerprint density at radius 2 is 1.95 bits per heavy atom. The molecule has 3 nitrogen and oxygen atoms in total. The molecular weight excluding hydrogens is 234 g/mol. The first kappa shape index (κ1) is 16.1. The molecule has 0 radical (unpaired) electrons. The van der Waals surface area contributed by atoms with Crippen LogP contribution < -0.4 is 5.32 Å². The average Bonchev–Trinajstić information content (AvgIpc) is 2.26. The van der Waals surface area contributed by atoms with Crippen LogP contribution in [-0.4, -0.2) is 35.6 Å². The van der Waals surface area contributed by atoms with E-state index in [9.17, 15) is 0 Å². The molecule has 3 heteroatoms. The molecule has 1 aromatic rings. The maximum atomic E-state index is 4.54. The predicted octanol–water partition coefficient (Wildman–Crippen LogP) is 2.99. The largest absolute Gasteiger partial charge is 0.312 e. The lowest BCUT2D eigenvalue weighted by atomic mass is 10.1. The van der Waals surface area contributed by atoms with Crippen molar-refractivity contribution in [3.05, 3.63) is 29.6 Å². The molecule has 0 fully saturated rings. The summed E-state index contributed by atoms with van der Waals surface area (Å²) < 4.78 is 0. The third-order valence-electron chi connectivity index (χ3n) is 3.00. The highest BCUT2D eigenvalue weighted by Crippen LogP contribution is 2.04. The van der Waals surface area contributed by atoms with Crippen LogP contribution in [0.1, 0.15) is 45.0 Å². The van der Waals surface area contributed by atoms with E-state index in [1.54, 1.807) is 0 Å². The summed E-state index contributed by atoms with van der Waals surface area (Å²) >= 11 is 0. The highest BCUT2D eigenvalue weighted by molar-refractivity contribution is 5.09. The topological polar surface area (TPSA) is 28.2 Å². The van der Waals surface area contributed by atoms with Gasteiger partial charge in [0.05, 0.1) is 5.69 Å². The lowest BCUT2D eigenvalue weighted by Gasteiger charge is -2.21. The van der Waals surface area contributed by atoms with Crippen molar-refractivity contribution < 1.29 is 0 Å². The van der Waals surface area contributed by atoms with Crippen LogP contribution in [0.3, 0.4) is 0 Å². The first-order chi connectivity index (χ1) is 8.87. The van der Waals surface area contributed by atoms with Gasteiger partial charge in [-0.05, 0) is 72.8 Å². The number of aromatic nitrogens is 1. The summed E-state index contributed by atoms with van der Waals surface area (Å²) in [6.45, 7) is 11.8. The van der Waals surface area contributed by atoms with Crippen LogP contribution in [0.15, 0.2) is 18.2 Å². The van der Waals surface area contributed by atoms with Crippen molar-refractivity contribution in [1.29, 1.82) is 0 Å². The molecule has 0 aliphatic rings. The number of aryl methyl sites for hydroxylation is 1. The van der Waals surface area contributed by atoms with Crippen LogP contribution in [0.5, 0.6) is 0 Å². The monoisotopic (exact) mass is 263 g/mol. The van der Waals surface area contributed by atoms with E-state index in [0.29, 0.717) is 0 Å². The van der Waals surface area contributed by atoms with Crippen molar-refractivity contribution >= 4 is 0 Å². The molecule has 0 bridgehead atoms. The Balaban J connectivity index is 2.16. The third kappa shape index (κ3) is 7.96. The van der Waals surface area contributed by atoms with Crippen molar-refractivity contribution in [2.45, 2.75) is 52.6 Å². The van der Waals surface area contributed by atoms with Gasteiger partial charge in [-0.2, -0.15) is 0 Å². The molecule has 0 spiro atoms. The Labute approximate surface area is 118 Å². The van der Waals surface area contributed by atoms with Crippen molar-refractivity contribution in [3.63, 3.8) is 0 Å². The summed E-state index contributed by atoms with van der Waals surface area (Å²) in [6.07, 6.45) is 2.45. The zero-order valence-corrected chi connectivity index (χ0v) is 13.2. The maximum Gasteiger partial charge on any atom is 0.0547 e. The van der Waals surface area contributed by atoms with E-state index < -0.39 is 0 Å². The smallest absolute Gasteiger partial charge is 0.0547 e. The molecule has 1 heterocycles. The normalized spacial score (nSPS) is 12.1. The Morgan fingerprint density at radius 1 is 1.21 bits per heavy atom. The van der Waals surface area contributed by atoms with Crippen molar-refractivity contribution in [3.8, 4) is 0 Å². The molecule has 1 N–H and O–H groups in total. The quantitative estimate of drug-likeness (QED) is 0.767. The van der Waals surface area contributed by atoms with Gasteiger partial charge in [-0.15, -0.1) is 0 Å². The summed E-state index contributed by atoms with van der Waals surface area (Å²) in [5.74, 6) is 0. The first-order valence-electron chi connectivity index (χ1n) is 7.23. The van der Waals surface area contributed by atoms with Gasteiger partial charge in [0.15, 0.2) is 0 Å². The van der Waals surface area contributed by atoms with E-state index >= 15 is 0 Å². The van der Waals surface area contributed by atoms with Crippen LogP contribution in [0, 0.1) is 6.92 Å². The molecule has 1 rings (SSSR count). The van der Waals surface area contributed by atoms with Gasteiger partial charge in [-0.1, -0.05) is 6.07 Å². The number of nitrogens with one attached hydrogen (secondary N) is 1. The van der Waals surface area contributed by atoms with Gasteiger partial charge in [0.25, 0.3) is 0 Å². The fourth-order valence-electron chi connectivity index (χ4n) is 2.01. The van der Waals surface area contributed by atoms with Gasteiger partial charge in [0, 0.05) is 17.8 Å². The minimum absolute atomic E-state index is 0.234. The van der Waals surface area contributed by atoms with Gasteiger partial charge in [-0.3, -0.25) is 4.98 Å². The van der Waals surface area contributed by atoms with E-state index in [1.807, 2.05) is 13.0 Å². The molecule has 0 unspecified atom stereocenters. The van der Waals surface area contributed by atoms with Crippen LogP contribution in [0.2, 0.25) is 0 Å². The molecule has 1 aromatic heterocycles. The first-order valence-corrected chi connectivity index (χ1v) is 7.23. The Bertz CT molecular complexity index is 369. The Hall–Kier alpha value is -0.930. The second kappa shape index (κ2) is 7.61. The molecule has 108 valence electrons. The molecule has 0 aromatic carbocycles. The van der Waals surface area contributed by atoms with Crippen LogP contribution in [0.4, 0.5) is 0 Å². The van der Waals surface area contributed by atoms with E-state index in [0.717, 1.165) is 31.0 Å². The minimum atomic E-state index is 0.234. The number of nitrogens with zero attached hydrogens (tertiary/aromatic N) is 2. The summed E-state index contributed by atoms with van der Waals surface area (Å²) in [4.78, 5) is 6.88. The van der Waals surface area contributed by atoms with E-state index in [1.165, 1.54) is 12.8 Å². The van der Waals surface area contributed by atoms with Gasteiger partial charge in [0.1, 0.15) is 0 Å². The van der Waals surface area contributed by atoms with Crippen molar-refractivity contribution in [2.75, 3.05) is 20.1 Å². The maximum absolute atomic E-state index is 4.54. The van der Waals surface area contributed by atoms with Crippen molar-refractivity contribution in [1.82, 2.24) is 15.2 Å². The molecule has 0 saturated carbocycles. The zero-order chi connectivity index (χ0) is 14.3. The zero-order valence-electron chi connectivity index (χ0n) is 13.2. The summed E-state index contributed by atoms with van der Waals surface area (Å²) in [5, 5.41) is 3.52. The highest BCUT2D eigenvalue weighted by atomic mass is 15.1. The molecule has 19 heavy (non-hydrogen) atoms. The number of hydrogen-bond acceptors (Lipinski definition) is 3. The molecule has 0 amide bonds. The van der Waals surface area contributed by atoms with Crippen LogP contribution >= 0.6 is 0 Å². The summed E-state index contributed by atoms with van der Waals surface area (Å²) in [6, 6.07) is 6.23. The number of rotatable bonds is 7. The molecule has 0 aliphatic carbocycles. The number of hydrogen-bond donors (Lipinski definition) is 1. The molecule has 0 atom stereocenters. The van der Waals surface area contributed by atoms with Crippen LogP contribution in [0.25, 0.3) is 0 Å². The van der Waals surface area contributed by atoms with Gasteiger partial charge in [-0.25, -0.2) is 0 Å². The third-order valence-corrected chi connectivity index (χ3v) is 3.00. The summed E-state index contributed by atoms with van der Waals surface area (Å²) in [7, 11) is 2.17. The van der Waals surface area contributed by atoms with Crippen molar-refractivity contribution in [2.24, 2.45) is 0 Å². The number of pyridine rings is 1. The molecule has 0 saturated heterocycles. The second-order valence-corrected chi connectivity index (χ2v) is 6.39. The minimum Gasteiger partial charge on any atom is -0.312 e.